The van der Waals surface area contributed by atoms with Crippen molar-refractivity contribution in [1.82, 2.24) is 5.32 Å². The molecule has 0 spiro atoms. The van der Waals surface area contributed by atoms with Crippen molar-refractivity contribution >= 4 is 11.9 Å². The molecule has 2 aromatic rings. The first-order valence-electron chi connectivity index (χ1n) is 7.22. The van der Waals surface area contributed by atoms with Crippen molar-refractivity contribution in [3.63, 3.8) is 0 Å². The molecule has 120 valence electrons. The molecule has 0 saturated heterocycles. The molecule has 0 unspecified atom stereocenters. The highest BCUT2D eigenvalue weighted by molar-refractivity contribution is 5.95. The van der Waals surface area contributed by atoms with Crippen LogP contribution in [-0.2, 0) is 16.1 Å². The number of benzene rings is 2. The van der Waals surface area contributed by atoms with E-state index < -0.39 is 5.97 Å². The van der Waals surface area contributed by atoms with Crippen molar-refractivity contribution < 1.29 is 19.1 Å². The smallest absolute Gasteiger partial charge is 0.325 e. The zero-order valence-corrected chi connectivity index (χ0v) is 13.2. The van der Waals surface area contributed by atoms with Crippen molar-refractivity contribution in [3.8, 4) is 5.75 Å². The van der Waals surface area contributed by atoms with Crippen molar-refractivity contribution in [2.24, 2.45) is 0 Å². The Labute approximate surface area is 135 Å². The number of aryl methyl sites for hydroxylation is 1. The number of hydrogen-bond acceptors (Lipinski definition) is 4. The standard InChI is InChI=1S/C18H19NO4/c1-13-8-9-16(22-2)15(10-13)12-23-17(20)11-19-18(21)14-6-4-3-5-7-14/h3-10H,11-12H2,1-2H3,(H,19,21). The lowest BCUT2D eigenvalue weighted by Crippen LogP contribution is -2.30. The molecular weight excluding hydrogens is 294 g/mol. The summed E-state index contributed by atoms with van der Waals surface area (Å²) in [4.78, 5) is 23.6. The predicted octanol–water partition coefficient (Wildman–Crippen LogP) is 2.48. The third kappa shape index (κ3) is 4.85. The minimum atomic E-state index is -0.502. The summed E-state index contributed by atoms with van der Waals surface area (Å²) >= 11 is 0. The third-order valence-corrected chi connectivity index (χ3v) is 3.25. The van der Waals surface area contributed by atoms with Crippen LogP contribution >= 0.6 is 0 Å². The summed E-state index contributed by atoms with van der Waals surface area (Å²) in [6.45, 7) is 1.87. The average Bonchev–Trinajstić information content (AvgIpc) is 2.58. The number of methoxy groups -OCH3 is 1. The van der Waals surface area contributed by atoms with E-state index in [1.54, 1.807) is 31.4 Å². The summed E-state index contributed by atoms with van der Waals surface area (Å²) in [6, 6.07) is 14.3. The zero-order chi connectivity index (χ0) is 16.7. The lowest BCUT2D eigenvalue weighted by atomic mass is 10.1. The molecule has 0 saturated carbocycles. The van der Waals surface area contributed by atoms with Gasteiger partial charge in [-0.25, -0.2) is 0 Å². The largest absolute Gasteiger partial charge is 0.496 e. The van der Waals surface area contributed by atoms with E-state index in [9.17, 15) is 9.59 Å². The molecule has 23 heavy (non-hydrogen) atoms. The molecule has 0 aliphatic carbocycles. The van der Waals surface area contributed by atoms with Crippen LogP contribution in [0.4, 0.5) is 0 Å². The lowest BCUT2D eigenvalue weighted by molar-refractivity contribution is -0.143. The topological polar surface area (TPSA) is 64.6 Å². The molecule has 0 bridgehead atoms. The summed E-state index contributed by atoms with van der Waals surface area (Å²) in [5.41, 5.74) is 2.34. The maximum Gasteiger partial charge on any atom is 0.325 e. The Morgan fingerprint density at radius 1 is 1.09 bits per heavy atom. The summed E-state index contributed by atoms with van der Waals surface area (Å²) < 4.78 is 10.4. The van der Waals surface area contributed by atoms with Gasteiger partial charge in [0.15, 0.2) is 0 Å². The molecular formula is C18H19NO4. The van der Waals surface area contributed by atoms with Crippen LogP contribution in [0.5, 0.6) is 5.75 Å². The van der Waals surface area contributed by atoms with Crippen LogP contribution in [-0.4, -0.2) is 25.5 Å². The minimum Gasteiger partial charge on any atom is -0.496 e. The maximum atomic E-state index is 11.8. The van der Waals surface area contributed by atoms with Crippen molar-refractivity contribution in [1.29, 1.82) is 0 Å². The fourth-order valence-electron chi connectivity index (χ4n) is 2.07. The van der Waals surface area contributed by atoms with Crippen LogP contribution in [0.25, 0.3) is 0 Å². The Kier molecular flexibility index (Phi) is 5.74. The van der Waals surface area contributed by atoms with Gasteiger partial charge in [-0.3, -0.25) is 9.59 Å². The molecule has 2 rings (SSSR count). The highest BCUT2D eigenvalue weighted by Crippen LogP contribution is 2.20. The van der Waals surface area contributed by atoms with E-state index in [1.165, 1.54) is 0 Å². The van der Waals surface area contributed by atoms with Gasteiger partial charge in [-0.15, -0.1) is 0 Å². The van der Waals surface area contributed by atoms with Gasteiger partial charge in [0.25, 0.3) is 5.91 Å². The highest BCUT2D eigenvalue weighted by Gasteiger charge is 2.10. The molecule has 5 heteroatoms. The van der Waals surface area contributed by atoms with Gasteiger partial charge in [0.2, 0.25) is 0 Å². The van der Waals surface area contributed by atoms with Gasteiger partial charge in [-0.05, 0) is 31.2 Å². The van der Waals surface area contributed by atoms with Crippen LogP contribution in [0, 0.1) is 6.92 Å². The molecule has 2 aromatic carbocycles. The van der Waals surface area contributed by atoms with E-state index >= 15 is 0 Å². The second kappa shape index (κ2) is 7.98. The molecule has 0 atom stereocenters. The summed E-state index contributed by atoms with van der Waals surface area (Å²) in [5.74, 6) is -0.148. The molecule has 0 heterocycles. The molecule has 0 aromatic heterocycles. The van der Waals surface area contributed by atoms with Crippen LogP contribution < -0.4 is 10.1 Å². The Balaban J connectivity index is 1.84. The quantitative estimate of drug-likeness (QED) is 0.832. The van der Waals surface area contributed by atoms with Crippen molar-refractivity contribution in [2.45, 2.75) is 13.5 Å². The molecule has 5 nitrogen and oxygen atoms in total. The summed E-state index contributed by atoms with van der Waals surface area (Å²) in [7, 11) is 1.57. The van der Waals surface area contributed by atoms with E-state index in [2.05, 4.69) is 5.32 Å². The van der Waals surface area contributed by atoms with Crippen LogP contribution in [0.15, 0.2) is 48.5 Å². The van der Waals surface area contributed by atoms with Crippen molar-refractivity contribution in [3.05, 3.63) is 65.2 Å². The number of nitrogens with one attached hydrogen (secondary N) is 1. The Morgan fingerprint density at radius 3 is 2.52 bits per heavy atom. The number of carbonyl (C=O) groups excluding carboxylic acids is 2. The summed E-state index contributed by atoms with van der Waals surface area (Å²) in [5, 5.41) is 2.53. The van der Waals surface area contributed by atoms with Crippen LogP contribution in [0.3, 0.4) is 0 Å². The van der Waals surface area contributed by atoms with E-state index in [1.807, 2.05) is 31.2 Å². The SMILES string of the molecule is COc1ccc(C)cc1COC(=O)CNC(=O)c1ccccc1. The number of carbonyl (C=O) groups is 2. The second-order valence-electron chi connectivity index (χ2n) is 5.02. The van der Waals surface area contributed by atoms with Crippen molar-refractivity contribution in [2.75, 3.05) is 13.7 Å². The third-order valence-electron chi connectivity index (χ3n) is 3.25. The minimum absolute atomic E-state index is 0.102. The van der Waals surface area contributed by atoms with Gasteiger partial charge in [0.05, 0.1) is 7.11 Å². The maximum absolute atomic E-state index is 11.8. The fourth-order valence-corrected chi connectivity index (χ4v) is 2.07. The van der Waals surface area contributed by atoms with E-state index in [0.717, 1.165) is 11.1 Å². The monoisotopic (exact) mass is 313 g/mol. The fraction of sp³-hybridized carbons (Fsp3) is 0.222. The number of hydrogen-bond donors (Lipinski definition) is 1. The molecule has 0 fully saturated rings. The number of amides is 1. The van der Waals surface area contributed by atoms with Gasteiger partial charge in [-0.2, -0.15) is 0 Å². The molecule has 0 aliphatic heterocycles. The van der Waals surface area contributed by atoms with Gasteiger partial charge >= 0.3 is 5.97 Å². The molecule has 0 radical (unpaired) electrons. The molecule has 0 aliphatic rings. The normalized spacial score (nSPS) is 10.0. The number of rotatable bonds is 6. The lowest BCUT2D eigenvalue weighted by Gasteiger charge is -2.10. The average molecular weight is 313 g/mol. The van der Waals surface area contributed by atoms with E-state index in [-0.39, 0.29) is 19.1 Å². The van der Waals surface area contributed by atoms with E-state index in [4.69, 9.17) is 9.47 Å². The predicted molar refractivity (Wildman–Crippen MR) is 86.3 cm³/mol. The Morgan fingerprint density at radius 2 is 1.83 bits per heavy atom. The van der Waals surface area contributed by atoms with Gasteiger partial charge in [0.1, 0.15) is 18.9 Å². The zero-order valence-electron chi connectivity index (χ0n) is 13.2. The van der Waals surface area contributed by atoms with E-state index in [0.29, 0.717) is 11.3 Å². The van der Waals surface area contributed by atoms with Gasteiger partial charge < -0.3 is 14.8 Å². The highest BCUT2D eigenvalue weighted by atomic mass is 16.5. The number of esters is 1. The Bertz CT molecular complexity index is 683. The first-order valence-corrected chi connectivity index (χ1v) is 7.22. The van der Waals surface area contributed by atoms with Crippen LogP contribution in [0.2, 0.25) is 0 Å². The Hall–Kier alpha value is -2.82. The molecule has 1 N–H and O–H groups in total. The van der Waals surface area contributed by atoms with Crippen LogP contribution in [0.1, 0.15) is 21.5 Å². The first kappa shape index (κ1) is 16.5. The molecule has 1 amide bonds. The van der Waals surface area contributed by atoms with Gasteiger partial charge in [0, 0.05) is 11.1 Å². The van der Waals surface area contributed by atoms with Gasteiger partial charge in [-0.1, -0.05) is 29.8 Å². The summed E-state index contributed by atoms with van der Waals surface area (Å²) in [6.07, 6.45) is 0. The second-order valence-corrected chi connectivity index (χ2v) is 5.02. The first-order chi connectivity index (χ1) is 11.1. The number of ether oxygens (including phenoxy) is 2.